The van der Waals surface area contributed by atoms with E-state index in [2.05, 4.69) is 69.5 Å². The topological polar surface area (TPSA) is 3.24 Å². The quantitative estimate of drug-likeness (QED) is 0.566. The number of hydrogen-bond acceptors (Lipinski definition) is 1. The highest BCUT2D eigenvalue weighted by atomic mass is 15.2. The lowest BCUT2D eigenvalue weighted by Crippen LogP contribution is -2.38. The number of nitrogens with zero attached hydrogens (tertiary/aromatic N) is 1. The number of allylic oxidation sites excluding steroid dienone is 6. The van der Waals surface area contributed by atoms with Crippen LogP contribution in [-0.4, -0.2) is 0 Å². The van der Waals surface area contributed by atoms with E-state index in [0.29, 0.717) is 0 Å². The lowest BCUT2D eigenvalue weighted by atomic mass is 9.71. The zero-order valence-electron chi connectivity index (χ0n) is 14.7. The van der Waals surface area contributed by atoms with Crippen molar-refractivity contribution in [3.05, 3.63) is 70.6 Å². The summed E-state index contributed by atoms with van der Waals surface area (Å²) in [7, 11) is 0. The van der Waals surface area contributed by atoms with Crippen LogP contribution in [0.5, 0.6) is 0 Å². The average molecular weight is 303 g/mol. The van der Waals surface area contributed by atoms with Gasteiger partial charge in [0.2, 0.25) is 0 Å². The van der Waals surface area contributed by atoms with Crippen molar-refractivity contribution >= 4 is 11.3 Å². The van der Waals surface area contributed by atoms with Gasteiger partial charge in [0.25, 0.3) is 0 Å². The van der Waals surface area contributed by atoms with Gasteiger partial charge in [-0.3, -0.25) is 0 Å². The van der Waals surface area contributed by atoms with Gasteiger partial charge in [0.05, 0.1) is 5.69 Å². The fraction of sp³-hybridized carbons (Fsp3) is 0.364. The van der Waals surface area contributed by atoms with Crippen molar-refractivity contribution in [1.82, 2.24) is 0 Å². The lowest BCUT2D eigenvalue weighted by molar-refractivity contribution is 0.497. The molecule has 23 heavy (non-hydrogen) atoms. The fourth-order valence-electron chi connectivity index (χ4n) is 4.45. The molecular weight excluding hydrogens is 278 g/mol. The van der Waals surface area contributed by atoms with E-state index in [1.165, 1.54) is 44.9 Å². The summed E-state index contributed by atoms with van der Waals surface area (Å²) in [6.45, 7) is 13.6. The summed E-state index contributed by atoms with van der Waals surface area (Å²) < 4.78 is 0. The van der Waals surface area contributed by atoms with Crippen LogP contribution in [0.1, 0.15) is 56.7 Å². The van der Waals surface area contributed by atoms with Crippen LogP contribution in [0.3, 0.4) is 0 Å². The molecule has 0 saturated heterocycles. The molecule has 1 heteroatoms. The third-order valence-corrected chi connectivity index (χ3v) is 5.64. The Labute approximate surface area is 139 Å². The van der Waals surface area contributed by atoms with Gasteiger partial charge in [0, 0.05) is 17.0 Å². The summed E-state index contributed by atoms with van der Waals surface area (Å²) in [6, 6.07) is 4.63. The van der Waals surface area contributed by atoms with Crippen LogP contribution in [0.15, 0.2) is 53.9 Å². The first-order chi connectivity index (χ1) is 11.0. The van der Waals surface area contributed by atoms with Gasteiger partial charge in [0.15, 0.2) is 0 Å². The van der Waals surface area contributed by atoms with Gasteiger partial charge >= 0.3 is 0 Å². The van der Waals surface area contributed by atoms with Crippen molar-refractivity contribution in [3.8, 4) is 0 Å². The SMILES string of the molecule is C=C1C2=C(C=CCC2)c2c(C)ccc3c2N1/C(=C\C)CC3(C)C. The maximum Gasteiger partial charge on any atom is 0.0576 e. The molecule has 0 fully saturated rings. The second-order valence-corrected chi connectivity index (χ2v) is 7.61. The van der Waals surface area contributed by atoms with Crippen LogP contribution in [0.2, 0.25) is 0 Å². The van der Waals surface area contributed by atoms with Crippen molar-refractivity contribution < 1.29 is 0 Å². The van der Waals surface area contributed by atoms with Crippen molar-refractivity contribution in [1.29, 1.82) is 0 Å². The molecule has 0 radical (unpaired) electrons. The molecule has 1 aliphatic carbocycles. The molecule has 3 aliphatic rings. The molecule has 118 valence electrons. The Morgan fingerprint density at radius 1 is 1.26 bits per heavy atom. The number of benzene rings is 1. The molecule has 0 aromatic heterocycles. The van der Waals surface area contributed by atoms with E-state index in [1.807, 2.05) is 0 Å². The van der Waals surface area contributed by atoms with Crippen molar-refractivity contribution in [2.24, 2.45) is 0 Å². The highest BCUT2D eigenvalue weighted by Gasteiger charge is 2.40. The Bertz CT molecular complexity index is 815. The first kappa shape index (κ1) is 14.6. The molecule has 4 rings (SSSR count). The largest absolute Gasteiger partial charge is 0.314 e. The standard InChI is InChI=1S/C22H25N/c1-6-16-13-22(4,5)19-12-11-14(2)20-18-10-8-7-9-17(18)15(3)23(16)21(19)20/h6,8,10-12H,3,7,9,13H2,1-2,4-5H3/b16-6-. The third-order valence-electron chi connectivity index (χ3n) is 5.64. The Hall–Kier alpha value is -2.02. The molecule has 0 amide bonds. The zero-order valence-corrected chi connectivity index (χ0v) is 14.7. The first-order valence-electron chi connectivity index (χ1n) is 8.64. The molecule has 1 aromatic carbocycles. The van der Waals surface area contributed by atoms with Crippen LogP contribution >= 0.6 is 0 Å². The van der Waals surface area contributed by atoms with Gasteiger partial charge in [-0.05, 0) is 60.8 Å². The predicted octanol–water partition coefficient (Wildman–Crippen LogP) is 6.02. The van der Waals surface area contributed by atoms with Gasteiger partial charge in [-0.2, -0.15) is 0 Å². The maximum atomic E-state index is 4.49. The number of anilines is 1. The molecule has 1 nitrogen and oxygen atoms in total. The van der Waals surface area contributed by atoms with Gasteiger partial charge < -0.3 is 4.90 Å². The van der Waals surface area contributed by atoms with Gasteiger partial charge in [-0.25, -0.2) is 0 Å². The van der Waals surface area contributed by atoms with Crippen LogP contribution in [-0.2, 0) is 5.41 Å². The number of fused-ring (bicyclic) bond motifs is 1. The molecule has 0 atom stereocenters. The minimum atomic E-state index is 0.160. The van der Waals surface area contributed by atoms with Gasteiger partial charge in [-0.15, -0.1) is 0 Å². The molecule has 0 N–H and O–H groups in total. The minimum absolute atomic E-state index is 0.160. The molecule has 2 heterocycles. The first-order valence-corrected chi connectivity index (χ1v) is 8.64. The molecule has 2 aliphatic heterocycles. The Kier molecular flexibility index (Phi) is 3.00. The summed E-state index contributed by atoms with van der Waals surface area (Å²) in [5.74, 6) is 0. The van der Waals surface area contributed by atoms with Crippen LogP contribution < -0.4 is 4.90 Å². The van der Waals surface area contributed by atoms with Gasteiger partial charge in [0.1, 0.15) is 0 Å². The minimum Gasteiger partial charge on any atom is -0.314 e. The molecule has 0 bridgehead atoms. The highest BCUT2D eigenvalue weighted by molar-refractivity contribution is 5.96. The molecule has 0 saturated carbocycles. The number of hydrogen-bond donors (Lipinski definition) is 0. The van der Waals surface area contributed by atoms with Crippen LogP contribution in [0.25, 0.3) is 5.57 Å². The van der Waals surface area contributed by atoms with Crippen LogP contribution in [0.4, 0.5) is 5.69 Å². The van der Waals surface area contributed by atoms with E-state index in [4.69, 9.17) is 0 Å². The zero-order chi connectivity index (χ0) is 16.4. The monoisotopic (exact) mass is 303 g/mol. The Morgan fingerprint density at radius 3 is 2.78 bits per heavy atom. The van der Waals surface area contributed by atoms with Crippen molar-refractivity contribution in [2.45, 2.75) is 52.4 Å². The molecule has 0 spiro atoms. The smallest absolute Gasteiger partial charge is 0.0576 e. The average Bonchev–Trinajstić information content (AvgIpc) is 2.53. The van der Waals surface area contributed by atoms with E-state index < -0.39 is 0 Å². The summed E-state index contributed by atoms with van der Waals surface area (Å²) in [4.78, 5) is 2.45. The highest BCUT2D eigenvalue weighted by Crippen LogP contribution is 2.54. The van der Waals surface area contributed by atoms with E-state index in [1.54, 1.807) is 0 Å². The Balaban J connectivity index is 2.13. The van der Waals surface area contributed by atoms with E-state index >= 15 is 0 Å². The predicted molar refractivity (Wildman–Crippen MR) is 99.5 cm³/mol. The van der Waals surface area contributed by atoms with Crippen molar-refractivity contribution in [2.75, 3.05) is 4.90 Å². The second kappa shape index (κ2) is 4.74. The third kappa shape index (κ3) is 1.86. The number of aryl methyl sites for hydroxylation is 1. The summed E-state index contributed by atoms with van der Waals surface area (Å²) >= 11 is 0. The second-order valence-electron chi connectivity index (χ2n) is 7.61. The summed E-state index contributed by atoms with van der Waals surface area (Å²) in [5, 5.41) is 0. The van der Waals surface area contributed by atoms with E-state index in [-0.39, 0.29) is 5.41 Å². The molecule has 0 unspecified atom stereocenters. The molecule has 1 aromatic rings. The van der Waals surface area contributed by atoms with Crippen LogP contribution in [0, 0.1) is 6.92 Å². The lowest BCUT2D eigenvalue weighted by Gasteiger charge is -2.47. The summed E-state index contributed by atoms with van der Waals surface area (Å²) in [5.41, 5.74) is 11.2. The normalized spacial score (nSPS) is 23.2. The fourth-order valence-corrected chi connectivity index (χ4v) is 4.45. The Morgan fingerprint density at radius 2 is 2.04 bits per heavy atom. The van der Waals surface area contributed by atoms with Crippen molar-refractivity contribution in [3.63, 3.8) is 0 Å². The number of rotatable bonds is 0. The van der Waals surface area contributed by atoms with E-state index in [0.717, 1.165) is 19.3 Å². The maximum absolute atomic E-state index is 4.49. The molecular formula is C22H25N. The summed E-state index contributed by atoms with van der Waals surface area (Å²) in [6.07, 6.45) is 10.2. The van der Waals surface area contributed by atoms with E-state index in [9.17, 15) is 0 Å². The van der Waals surface area contributed by atoms with Gasteiger partial charge in [-0.1, -0.05) is 50.8 Å².